The fraction of sp³-hybridized carbons (Fsp3) is 0.769. The Labute approximate surface area is 119 Å². The summed E-state index contributed by atoms with van der Waals surface area (Å²) in [6.45, 7) is 2.66. The Morgan fingerprint density at radius 2 is 2.20 bits per heavy atom. The second-order valence-corrected chi connectivity index (χ2v) is 6.71. The van der Waals surface area contributed by atoms with Crippen LogP contribution in [0.3, 0.4) is 0 Å². The highest BCUT2D eigenvalue weighted by Crippen LogP contribution is 2.42. The minimum absolute atomic E-state index is 0.243. The lowest BCUT2D eigenvalue weighted by Crippen LogP contribution is -2.20. The summed E-state index contributed by atoms with van der Waals surface area (Å²) >= 11 is 1.13. The third kappa shape index (κ3) is 2.84. The van der Waals surface area contributed by atoms with E-state index >= 15 is 0 Å². The quantitative estimate of drug-likeness (QED) is 0.925. The van der Waals surface area contributed by atoms with Crippen LogP contribution in [0.1, 0.15) is 48.2 Å². The standard InChI is InChI=1S/C13H17F3N2OS/c1-12(5-2-6-19-12)11-18-10(13(14,15)16)9(20-11)7-17-8-3-4-8/h8,17H,2-7H2,1H3. The molecule has 0 bridgehead atoms. The fourth-order valence-electron chi connectivity index (χ4n) is 2.39. The van der Waals surface area contributed by atoms with Gasteiger partial charge in [0.15, 0.2) is 5.69 Å². The number of aromatic nitrogens is 1. The Morgan fingerprint density at radius 1 is 1.45 bits per heavy atom. The Hall–Kier alpha value is -0.660. The van der Waals surface area contributed by atoms with Crippen LogP contribution in [0.15, 0.2) is 0 Å². The van der Waals surface area contributed by atoms with Crippen LogP contribution < -0.4 is 5.32 Å². The summed E-state index contributed by atoms with van der Waals surface area (Å²) < 4.78 is 44.9. The van der Waals surface area contributed by atoms with Gasteiger partial charge in [0.25, 0.3) is 0 Å². The first-order chi connectivity index (χ1) is 9.38. The van der Waals surface area contributed by atoms with Crippen molar-refractivity contribution < 1.29 is 17.9 Å². The van der Waals surface area contributed by atoms with Gasteiger partial charge in [0, 0.05) is 19.2 Å². The molecule has 20 heavy (non-hydrogen) atoms. The van der Waals surface area contributed by atoms with Crippen LogP contribution in [0.5, 0.6) is 0 Å². The molecular weight excluding hydrogens is 289 g/mol. The fourth-order valence-corrected chi connectivity index (χ4v) is 3.55. The van der Waals surface area contributed by atoms with Gasteiger partial charge < -0.3 is 10.1 Å². The number of hydrogen-bond donors (Lipinski definition) is 1. The lowest BCUT2D eigenvalue weighted by Gasteiger charge is -2.19. The molecule has 2 heterocycles. The maximum atomic E-state index is 13.1. The van der Waals surface area contributed by atoms with Crippen molar-refractivity contribution in [2.75, 3.05) is 6.61 Å². The summed E-state index contributed by atoms with van der Waals surface area (Å²) in [5, 5.41) is 3.59. The van der Waals surface area contributed by atoms with E-state index < -0.39 is 17.5 Å². The van der Waals surface area contributed by atoms with Gasteiger partial charge in [-0.15, -0.1) is 11.3 Å². The Kier molecular flexibility index (Phi) is 3.54. The maximum absolute atomic E-state index is 13.1. The van der Waals surface area contributed by atoms with E-state index in [0.717, 1.165) is 37.0 Å². The molecule has 1 atom stereocenters. The normalized spacial score (nSPS) is 27.2. The van der Waals surface area contributed by atoms with Crippen LogP contribution >= 0.6 is 11.3 Å². The second kappa shape index (κ2) is 4.96. The molecule has 3 nitrogen and oxygen atoms in total. The molecule has 7 heteroatoms. The predicted octanol–water partition coefficient (Wildman–Crippen LogP) is 3.44. The number of halogens is 3. The molecule has 0 spiro atoms. The minimum Gasteiger partial charge on any atom is -0.368 e. The lowest BCUT2D eigenvalue weighted by molar-refractivity contribution is -0.141. The van der Waals surface area contributed by atoms with Crippen molar-refractivity contribution in [3.63, 3.8) is 0 Å². The van der Waals surface area contributed by atoms with Gasteiger partial charge in [-0.3, -0.25) is 0 Å². The first kappa shape index (κ1) is 14.3. The molecule has 0 aromatic carbocycles. The third-order valence-electron chi connectivity index (χ3n) is 3.77. The highest BCUT2D eigenvalue weighted by Gasteiger charge is 2.42. The molecule has 1 saturated heterocycles. The van der Waals surface area contributed by atoms with E-state index in [1.165, 1.54) is 0 Å². The van der Waals surface area contributed by atoms with Gasteiger partial charge in [-0.25, -0.2) is 4.98 Å². The molecule has 1 saturated carbocycles. The Morgan fingerprint density at radius 3 is 2.75 bits per heavy atom. The molecule has 2 aliphatic rings. The molecule has 112 valence electrons. The predicted molar refractivity (Wildman–Crippen MR) is 69.5 cm³/mol. The average Bonchev–Trinajstić information content (AvgIpc) is 2.90. The van der Waals surface area contributed by atoms with E-state index in [1.54, 1.807) is 0 Å². The molecule has 3 rings (SSSR count). The van der Waals surface area contributed by atoms with Crippen molar-refractivity contribution in [1.82, 2.24) is 10.3 Å². The first-order valence-corrected chi connectivity index (χ1v) is 7.65. The number of hydrogen-bond acceptors (Lipinski definition) is 4. The molecular formula is C13H17F3N2OS. The zero-order valence-electron chi connectivity index (χ0n) is 11.2. The molecule has 1 N–H and O–H groups in total. The zero-order chi connectivity index (χ0) is 14.4. The highest BCUT2D eigenvalue weighted by atomic mass is 32.1. The van der Waals surface area contributed by atoms with Crippen molar-refractivity contribution in [3.05, 3.63) is 15.6 Å². The molecule has 1 aromatic heterocycles. The highest BCUT2D eigenvalue weighted by molar-refractivity contribution is 7.11. The van der Waals surface area contributed by atoms with E-state index in [1.807, 2.05) is 6.92 Å². The Balaban J connectivity index is 1.87. The monoisotopic (exact) mass is 306 g/mol. The van der Waals surface area contributed by atoms with Gasteiger partial charge in [-0.2, -0.15) is 13.2 Å². The first-order valence-electron chi connectivity index (χ1n) is 6.83. The minimum atomic E-state index is -4.40. The maximum Gasteiger partial charge on any atom is 0.434 e. The summed E-state index contributed by atoms with van der Waals surface area (Å²) in [6, 6.07) is 0.375. The molecule has 2 fully saturated rings. The summed E-state index contributed by atoms with van der Waals surface area (Å²) in [6.07, 6.45) is -0.702. The van der Waals surface area contributed by atoms with Gasteiger partial charge >= 0.3 is 6.18 Å². The number of nitrogens with zero attached hydrogens (tertiary/aromatic N) is 1. The van der Waals surface area contributed by atoms with E-state index in [-0.39, 0.29) is 11.4 Å². The molecule has 0 radical (unpaired) electrons. The topological polar surface area (TPSA) is 34.2 Å². The van der Waals surface area contributed by atoms with E-state index in [9.17, 15) is 13.2 Å². The number of rotatable bonds is 4. The van der Waals surface area contributed by atoms with Crippen molar-refractivity contribution in [2.45, 2.75) is 57.0 Å². The molecule has 1 aliphatic heterocycles. The lowest BCUT2D eigenvalue weighted by atomic mass is 10.0. The summed E-state index contributed by atoms with van der Waals surface area (Å²) in [4.78, 5) is 4.14. The van der Waals surface area contributed by atoms with Gasteiger partial charge in [-0.05, 0) is 32.6 Å². The number of alkyl halides is 3. The van der Waals surface area contributed by atoms with E-state index in [4.69, 9.17) is 4.74 Å². The van der Waals surface area contributed by atoms with Crippen molar-refractivity contribution >= 4 is 11.3 Å². The SMILES string of the molecule is CC1(c2nc(C(F)(F)F)c(CNC3CC3)s2)CCCO1. The molecule has 1 aromatic rings. The summed E-state index contributed by atoms with van der Waals surface area (Å²) in [5.41, 5.74) is -1.40. The van der Waals surface area contributed by atoms with Gasteiger partial charge in [-0.1, -0.05) is 0 Å². The Bertz CT molecular complexity index is 490. The van der Waals surface area contributed by atoms with Crippen LogP contribution in [-0.2, 0) is 23.1 Å². The number of ether oxygens (including phenoxy) is 1. The molecule has 1 unspecified atom stereocenters. The number of thiazole rings is 1. The summed E-state index contributed by atoms with van der Waals surface area (Å²) in [5.74, 6) is 0. The van der Waals surface area contributed by atoms with Crippen LogP contribution in [-0.4, -0.2) is 17.6 Å². The van der Waals surface area contributed by atoms with Gasteiger partial charge in [0.1, 0.15) is 10.6 Å². The van der Waals surface area contributed by atoms with E-state index in [2.05, 4.69) is 10.3 Å². The van der Waals surface area contributed by atoms with Crippen molar-refractivity contribution in [3.8, 4) is 0 Å². The molecule has 0 amide bonds. The second-order valence-electron chi connectivity index (χ2n) is 5.63. The van der Waals surface area contributed by atoms with Crippen LogP contribution in [0.25, 0.3) is 0 Å². The van der Waals surface area contributed by atoms with E-state index in [0.29, 0.717) is 17.7 Å². The molecule has 1 aliphatic carbocycles. The average molecular weight is 306 g/mol. The largest absolute Gasteiger partial charge is 0.434 e. The van der Waals surface area contributed by atoms with Crippen molar-refractivity contribution in [1.29, 1.82) is 0 Å². The summed E-state index contributed by atoms with van der Waals surface area (Å²) in [7, 11) is 0. The van der Waals surface area contributed by atoms with Crippen LogP contribution in [0.4, 0.5) is 13.2 Å². The number of nitrogens with one attached hydrogen (secondary N) is 1. The zero-order valence-corrected chi connectivity index (χ0v) is 12.0. The van der Waals surface area contributed by atoms with Gasteiger partial charge in [0.05, 0.1) is 4.88 Å². The third-order valence-corrected chi connectivity index (χ3v) is 5.07. The van der Waals surface area contributed by atoms with Crippen LogP contribution in [0, 0.1) is 0 Å². The van der Waals surface area contributed by atoms with Crippen LogP contribution in [0.2, 0.25) is 0 Å². The smallest absolute Gasteiger partial charge is 0.368 e. The van der Waals surface area contributed by atoms with Gasteiger partial charge in [0.2, 0.25) is 0 Å². The van der Waals surface area contributed by atoms with Crippen molar-refractivity contribution in [2.24, 2.45) is 0 Å².